The molecule has 0 fully saturated rings. The quantitative estimate of drug-likeness (QED) is 0.595. The highest BCUT2D eigenvalue weighted by atomic mass is 35.5. The lowest BCUT2D eigenvalue weighted by Crippen LogP contribution is -2.48. The van der Waals surface area contributed by atoms with E-state index in [1.165, 1.54) is 0 Å². The second-order valence-electron chi connectivity index (χ2n) is 4.65. The molecule has 0 spiro atoms. The predicted molar refractivity (Wildman–Crippen MR) is 78.5 cm³/mol. The van der Waals surface area contributed by atoms with Crippen LogP contribution in [-0.2, 0) is 6.42 Å². The second kappa shape index (κ2) is 7.15. The van der Waals surface area contributed by atoms with E-state index in [0.29, 0.717) is 16.5 Å². The Kier molecular flexibility index (Phi) is 6.16. The summed E-state index contributed by atoms with van der Waals surface area (Å²) in [6.45, 7) is 6.51. The number of aliphatic hydroxyl groups excluding tert-OH is 1. The van der Waals surface area contributed by atoms with E-state index < -0.39 is 0 Å². The largest absolute Gasteiger partial charge is 0.394 e. The fourth-order valence-corrected chi connectivity index (χ4v) is 2.07. The Morgan fingerprint density at radius 1 is 1.39 bits per heavy atom. The summed E-state index contributed by atoms with van der Waals surface area (Å²) in [6, 6.07) is 5.55. The highest BCUT2D eigenvalue weighted by Gasteiger charge is 2.22. The molecular formula is C14H19Cl2NO. The van der Waals surface area contributed by atoms with Crippen LogP contribution in [-0.4, -0.2) is 23.8 Å². The molecule has 0 saturated heterocycles. The van der Waals surface area contributed by atoms with Gasteiger partial charge in [-0.05, 0) is 44.0 Å². The molecule has 0 saturated carbocycles. The van der Waals surface area contributed by atoms with Crippen molar-refractivity contribution in [2.45, 2.75) is 25.3 Å². The maximum atomic E-state index is 9.52. The SMILES string of the molecule is C=CCCN[C@](C)(CO)Cc1ccc(Cl)c(Cl)c1. The first-order chi connectivity index (χ1) is 8.50. The molecule has 0 aliphatic heterocycles. The Hall–Kier alpha value is -0.540. The Morgan fingerprint density at radius 3 is 2.67 bits per heavy atom. The van der Waals surface area contributed by atoms with E-state index in [2.05, 4.69) is 11.9 Å². The topological polar surface area (TPSA) is 32.3 Å². The van der Waals surface area contributed by atoms with Gasteiger partial charge in [0, 0.05) is 5.54 Å². The van der Waals surface area contributed by atoms with Crippen LogP contribution in [0.25, 0.3) is 0 Å². The molecule has 0 unspecified atom stereocenters. The highest BCUT2D eigenvalue weighted by Crippen LogP contribution is 2.24. The number of hydrogen-bond acceptors (Lipinski definition) is 2. The number of halogens is 2. The average Bonchev–Trinajstić information content (AvgIpc) is 2.34. The minimum Gasteiger partial charge on any atom is -0.394 e. The van der Waals surface area contributed by atoms with Gasteiger partial charge in [0.05, 0.1) is 16.7 Å². The molecule has 18 heavy (non-hydrogen) atoms. The molecule has 0 aliphatic carbocycles. The summed E-state index contributed by atoms with van der Waals surface area (Å²) in [7, 11) is 0. The molecule has 0 heterocycles. The second-order valence-corrected chi connectivity index (χ2v) is 5.46. The fourth-order valence-electron chi connectivity index (χ4n) is 1.75. The number of rotatable bonds is 7. The van der Waals surface area contributed by atoms with E-state index in [9.17, 15) is 5.11 Å². The van der Waals surface area contributed by atoms with Gasteiger partial charge in [0.2, 0.25) is 0 Å². The molecular weight excluding hydrogens is 269 g/mol. The van der Waals surface area contributed by atoms with E-state index in [0.717, 1.165) is 18.5 Å². The van der Waals surface area contributed by atoms with Crippen molar-refractivity contribution in [1.82, 2.24) is 5.32 Å². The van der Waals surface area contributed by atoms with Crippen LogP contribution < -0.4 is 5.32 Å². The first-order valence-corrected chi connectivity index (χ1v) is 6.67. The molecule has 0 bridgehead atoms. The molecule has 1 aromatic rings. The summed E-state index contributed by atoms with van der Waals surface area (Å²) in [5, 5.41) is 13.9. The molecule has 0 amide bonds. The third kappa shape index (κ3) is 4.62. The third-order valence-electron chi connectivity index (χ3n) is 2.83. The molecule has 1 atom stereocenters. The molecule has 1 aromatic carbocycles. The van der Waals surface area contributed by atoms with Crippen molar-refractivity contribution in [3.8, 4) is 0 Å². The van der Waals surface area contributed by atoms with Gasteiger partial charge in [-0.3, -0.25) is 0 Å². The normalized spacial score (nSPS) is 14.2. The summed E-state index contributed by atoms with van der Waals surface area (Å²) >= 11 is 11.9. The summed E-state index contributed by atoms with van der Waals surface area (Å²) < 4.78 is 0. The first kappa shape index (κ1) is 15.5. The Balaban J connectivity index is 2.71. The molecule has 0 aliphatic rings. The molecule has 0 radical (unpaired) electrons. The first-order valence-electron chi connectivity index (χ1n) is 5.91. The molecule has 2 nitrogen and oxygen atoms in total. The van der Waals surface area contributed by atoms with Crippen LogP contribution in [0.3, 0.4) is 0 Å². The van der Waals surface area contributed by atoms with Gasteiger partial charge >= 0.3 is 0 Å². The fraction of sp³-hybridized carbons (Fsp3) is 0.429. The van der Waals surface area contributed by atoms with Crippen molar-refractivity contribution < 1.29 is 5.11 Å². The van der Waals surface area contributed by atoms with Crippen LogP contribution in [0.1, 0.15) is 18.9 Å². The standard InChI is InChI=1S/C14H19Cl2NO/c1-3-4-7-17-14(2,10-18)9-11-5-6-12(15)13(16)8-11/h3,5-6,8,17-18H,1,4,7,9-10H2,2H3/t14-/m0/s1. The molecule has 0 aromatic heterocycles. The van der Waals surface area contributed by atoms with Gasteiger partial charge in [0.1, 0.15) is 0 Å². The zero-order chi connectivity index (χ0) is 13.6. The minimum absolute atomic E-state index is 0.0599. The van der Waals surface area contributed by atoms with Gasteiger partial charge in [-0.1, -0.05) is 35.3 Å². The monoisotopic (exact) mass is 287 g/mol. The Labute approximate surface area is 119 Å². The van der Waals surface area contributed by atoms with Crippen LogP contribution >= 0.6 is 23.2 Å². The highest BCUT2D eigenvalue weighted by molar-refractivity contribution is 6.42. The zero-order valence-corrected chi connectivity index (χ0v) is 12.1. The van der Waals surface area contributed by atoms with Crippen LogP contribution in [0.5, 0.6) is 0 Å². The maximum absolute atomic E-state index is 9.52. The summed E-state index contributed by atoms with van der Waals surface area (Å²) in [5.41, 5.74) is 0.687. The van der Waals surface area contributed by atoms with E-state index in [1.54, 1.807) is 6.07 Å². The molecule has 1 rings (SSSR count). The van der Waals surface area contributed by atoms with Gasteiger partial charge in [-0.15, -0.1) is 6.58 Å². The Bertz CT molecular complexity index is 409. The molecule has 100 valence electrons. The van der Waals surface area contributed by atoms with Crippen LogP contribution in [0.15, 0.2) is 30.9 Å². The third-order valence-corrected chi connectivity index (χ3v) is 3.57. The maximum Gasteiger partial charge on any atom is 0.0613 e. The minimum atomic E-state index is -0.361. The lowest BCUT2D eigenvalue weighted by atomic mass is 9.93. The number of hydrogen-bond donors (Lipinski definition) is 2. The van der Waals surface area contributed by atoms with E-state index in [1.807, 2.05) is 25.1 Å². The van der Waals surface area contributed by atoms with Crippen molar-refractivity contribution in [1.29, 1.82) is 0 Å². The van der Waals surface area contributed by atoms with Crippen molar-refractivity contribution in [2.75, 3.05) is 13.2 Å². The smallest absolute Gasteiger partial charge is 0.0613 e. The van der Waals surface area contributed by atoms with Crippen LogP contribution in [0, 0.1) is 0 Å². The predicted octanol–water partition coefficient (Wildman–Crippen LogP) is 3.45. The molecule has 4 heteroatoms. The number of benzene rings is 1. The van der Waals surface area contributed by atoms with Crippen LogP contribution in [0.2, 0.25) is 10.0 Å². The zero-order valence-electron chi connectivity index (χ0n) is 10.5. The van der Waals surface area contributed by atoms with Crippen LogP contribution in [0.4, 0.5) is 0 Å². The molecule has 2 N–H and O–H groups in total. The van der Waals surface area contributed by atoms with Crippen molar-refractivity contribution in [2.24, 2.45) is 0 Å². The Morgan fingerprint density at radius 2 is 2.11 bits per heavy atom. The summed E-state index contributed by atoms with van der Waals surface area (Å²) in [5.74, 6) is 0. The van der Waals surface area contributed by atoms with E-state index in [-0.39, 0.29) is 12.1 Å². The van der Waals surface area contributed by atoms with Gasteiger partial charge in [-0.2, -0.15) is 0 Å². The lowest BCUT2D eigenvalue weighted by Gasteiger charge is -2.29. The van der Waals surface area contributed by atoms with Crippen molar-refractivity contribution in [3.05, 3.63) is 46.5 Å². The van der Waals surface area contributed by atoms with Crippen molar-refractivity contribution in [3.63, 3.8) is 0 Å². The van der Waals surface area contributed by atoms with E-state index in [4.69, 9.17) is 23.2 Å². The number of nitrogens with one attached hydrogen (secondary N) is 1. The van der Waals surface area contributed by atoms with Gasteiger partial charge in [-0.25, -0.2) is 0 Å². The lowest BCUT2D eigenvalue weighted by molar-refractivity contribution is 0.175. The van der Waals surface area contributed by atoms with E-state index >= 15 is 0 Å². The summed E-state index contributed by atoms with van der Waals surface area (Å²) in [4.78, 5) is 0. The summed E-state index contributed by atoms with van der Waals surface area (Å²) in [6.07, 6.45) is 3.42. The average molecular weight is 288 g/mol. The van der Waals surface area contributed by atoms with Crippen molar-refractivity contribution >= 4 is 23.2 Å². The van der Waals surface area contributed by atoms with Gasteiger partial charge in [0.15, 0.2) is 0 Å². The van der Waals surface area contributed by atoms with Gasteiger partial charge in [0.25, 0.3) is 0 Å². The number of aliphatic hydroxyl groups is 1. The van der Waals surface area contributed by atoms with Gasteiger partial charge < -0.3 is 10.4 Å².